The molecule has 3 nitrogen and oxygen atoms in total. The second kappa shape index (κ2) is 17.8. The van der Waals surface area contributed by atoms with E-state index in [2.05, 4.69) is 72.0 Å². The van der Waals surface area contributed by atoms with Gasteiger partial charge in [-0.1, -0.05) is 78.0 Å². The monoisotopic (exact) mass is 720 g/mol. The summed E-state index contributed by atoms with van der Waals surface area (Å²) in [6.07, 6.45) is 0.851. The van der Waals surface area contributed by atoms with Gasteiger partial charge in [0.15, 0.2) is 8.32 Å². The van der Waals surface area contributed by atoms with Crippen molar-refractivity contribution in [3.8, 4) is 5.75 Å². The van der Waals surface area contributed by atoms with Crippen LogP contribution in [0.3, 0.4) is 0 Å². The summed E-state index contributed by atoms with van der Waals surface area (Å²) in [7, 11) is -1.74. The normalized spacial score (nSPS) is 16.8. The number of halogens is 9. The summed E-state index contributed by atoms with van der Waals surface area (Å²) in [5.74, 6) is -17.9. The van der Waals surface area contributed by atoms with E-state index in [0.29, 0.717) is 11.8 Å². The van der Waals surface area contributed by atoms with Crippen LogP contribution >= 0.6 is 0 Å². The SMILES string of the molecule is C[C@@H](C/C=C/[C@H](C)C/C=C/[C@H](C)[C@H](C)OCc1ccc(OCCCC(F)(F)C(F)(F)C(F)(F)C(F)(F)F)cc1)CO[Si](C)(C)C(C)(C)C. The molecule has 0 spiro atoms. The maximum atomic E-state index is 13.7. The Labute approximate surface area is 281 Å². The topological polar surface area (TPSA) is 27.7 Å². The molecule has 278 valence electrons. The zero-order valence-electron chi connectivity index (χ0n) is 29.5. The minimum atomic E-state index is -6.88. The Bertz CT molecular complexity index is 1140. The Kier molecular flexibility index (Phi) is 16.3. The van der Waals surface area contributed by atoms with Crippen LogP contribution in [0.15, 0.2) is 48.6 Å². The maximum absolute atomic E-state index is 13.7. The van der Waals surface area contributed by atoms with Crippen LogP contribution in [-0.2, 0) is 15.8 Å². The van der Waals surface area contributed by atoms with E-state index in [1.54, 1.807) is 12.1 Å². The molecule has 1 aromatic carbocycles. The van der Waals surface area contributed by atoms with Gasteiger partial charge >= 0.3 is 23.9 Å². The first kappa shape index (κ1) is 44.0. The molecular weight excluding hydrogens is 667 g/mol. The van der Waals surface area contributed by atoms with E-state index in [1.807, 2.05) is 13.8 Å². The van der Waals surface area contributed by atoms with E-state index >= 15 is 0 Å². The Morgan fingerprint density at radius 2 is 1.33 bits per heavy atom. The molecule has 0 bridgehead atoms. The molecular formula is C35H53F9O3Si. The number of benzene rings is 1. The average molecular weight is 721 g/mol. The molecule has 0 aliphatic carbocycles. The van der Waals surface area contributed by atoms with Gasteiger partial charge in [0.2, 0.25) is 0 Å². The highest BCUT2D eigenvalue weighted by molar-refractivity contribution is 6.74. The zero-order valence-corrected chi connectivity index (χ0v) is 30.5. The van der Waals surface area contributed by atoms with Crippen LogP contribution in [0.5, 0.6) is 5.75 Å². The summed E-state index contributed by atoms with van der Waals surface area (Å²) in [5.41, 5.74) is 0.772. The molecule has 4 atom stereocenters. The van der Waals surface area contributed by atoms with Gasteiger partial charge in [0.05, 0.1) is 19.3 Å². The molecule has 13 heteroatoms. The van der Waals surface area contributed by atoms with Gasteiger partial charge in [0.25, 0.3) is 0 Å². The van der Waals surface area contributed by atoms with Gasteiger partial charge in [-0.05, 0) is 79.8 Å². The molecule has 0 fully saturated rings. The van der Waals surface area contributed by atoms with Crippen LogP contribution in [0.2, 0.25) is 18.1 Å². The number of rotatable bonds is 20. The van der Waals surface area contributed by atoms with E-state index in [1.165, 1.54) is 12.1 Å². The Balaban J connectivity index is 2.43. The molecule has 0 amide bonds. The number of hydrogen-bond acceptors (Lipinski definition) is 3. The minimum absolute atomic E-state index is 0.103. The molecule has 0 heterocycles. The van der Waals surface area contributed by atoms with Crippen LogP contribution in [0.1, 0.15) is 79.7 Å². The molecule has 1 rings (SSSR count). The molecule has 0 aliphatic rings. The molecule has 48 heavy (non-hydrogen) atoms. The number of ether oxygens (including phenoxy) is 2. The van der Waals surface area contributed by atoms with Gasteiger partial charge in [-0.15, -0.1) is 0 Å². The summed E-state index contributed by atoms with van der Waals surface area (Å²) < 4.78 is 134. The van der Waals surface area contributed by atoms with Crippen LogP contribution in [0.4, 0.5) is 39.5 Å². The molecule has 0 saturated heterocycles. The van der Waals surface area contributed by atoms with Crippen molar-refractivity contribution >= 4 is 8.32 Å². The number of alkyl halides is 9. The van der Waals surface area contributed by atoms with Crippen molar-refractivity contribution < 1.29 is 53.4 Å². The highest BCUT2D eigenvalue weighted by Gasteiger charge is 2.81. The summed E-state index contributed by atoms with van der Waals surface area (Å²) in [6.45, 7) is 20.1. The smallest absolute Gasteiger partial charge is 0.460 e. The zero-order chi connectivity index (χ0) is 37.2. The molecule has 0 N–H and O–H groups in total. The van der Waals surface area contributed by atoms with E-state index in [-0.39, 0.29) is 29.4 Å². The summed E-state index contributed by atoms with van der Waals surface area (Å²) in [4.78, 5) is 0. The molecule has 0 unspecified atom stereocenters. The van der Waals surface area contributed by atoms with Gasteiger partial charge in [-0.2, -0.15) is 39.5 Å². The Morgan fingerprint density at radius 1 is 0.771 bits per heavy atom. The lowest BCUT2D eigenvalue weighted by atomic mass is 10.00. The summed E-state index contributed by atoms with van der Waals surface area (Å²) in [5, 5.41) is 0.197. The van der Waals surface area contributed by atoms with Gasteiger partial charge in [0, 0.05) is 13.0 Å². The minimum Gasteiger partial charge on any atom is -0.494 e. The van der Waals surface area contributed by atoms with Crippen molar-refractivity contribution in [1.29, 1.82) is 0 Å². The summed E-state index contributed by atoms with van der Waals surface area (Å²) in [6, 6.07) is 6.25. The fourth-order valence-electron chi connectivity index (χ4n) is 4.03. The third kappa shape index (κ3) is 13.0. The van der Waals surface area contributed by atoms with Gasteiger partial charge in [-0.3, -0.25) is 0 Å². The van der Waals surface area contributed by atoms with Crippen molar-refractivity contribution in [3.05, 3.63) is 54.1 Å². The van der Waals surface area contributed by atoms with Crippen molar-refractivity contribution in [2.24, 2.45) is 17.8 Å². The average Bonchev–Trinajstić information content (AvgIpc) is 2.96. The van der Waals surface area contributed by atoms with E-state index in [4.69, 9.17) is 13.9 Å². The lowest BCUT2D eigenvalue weighted by molar-refractivity contribution is -0.396. The summed E-state index contributed by atoms with van der Waals surface area (Å²) >= 11 is 0. The lowest BCUT2D eigenvalue weighted by Crippen LogP contribution is -2.60. The van der Waals surface area contributed by atoms with Crippen LogP contribution in [-0.4, -0.2) is 51.6 Å². The van der Waals surface area contributed by atoms with E-state index in [9.17, 15) is 39.5 Å². The lowest BCUT2D eigenvalue weighted by Gasteiger charge is -2.36. The van der Waals surface area contributed by atoms with Gasteiger partial charge in [-0.25, -0.2) is 0 Å². The Morgan fingerprint density at radius 3 is 1.88 bits per heavy atom. The second-order valence-corrected chi connectivity index (χ2v) is 19.1. The second-order valence-electron chi connectivity index (χ2n) is 14.3. The molecule has 0 saturated carbocycles. The highest BCUT2D eigenvalue weighted by atomic mass is 28.4. The highest BCUT2D eigenvalue weighted by Crippen LogP contribution is 2.54. The first-order chi connectivity index (χ1) is 21.7. The van der Waals surface area contributed by atoms with Crippen molar-refractivity contribution in [2.45, 2.75) is 129 Å². The molecule has 0 aliphatic heterocycles. The maximum Gasteiger partial charge on any atom is 0.460 e. The fraction of sp³-hybridized carbons (Fsp3) is 0.714. The predicted molar refractivity (Wildman–Crippen MR) is 174 cm³/mol. The first-order valence-corrected chi connectivity index (χ1v) is 19.2. The largest absolute Gasteiger partial charge is 0.494 e. The van der Waals surface area contributed by atoms with Crippen LogP contribution in [0, 0.1) is 17.8 Å². The quantitative estimate of drug-likeness (QED) is 0.0581. The standard InChI is InChI=1S/C35H53F9O3Si/c1-25(13-10-15-26(2)23-47-48(8,9)31(5,6)7)14-11-16-27(3)28(4)46-24-29-17-19-30(20-18-29)45-22-12-21-32(36,37)33(38,39)34(40,41)35(42,43)44/h10-11,13,16-20,25-28H,12,14-15,21-24H2,1-9H3/b13-10+,16-11+/t25-,26-,27-,28-/m0/s1. The van der Waals surface area contributed by atoms with Gasteiger partial charge < -0.3 is 13.9 Å². The van der Waals surface area contributed by atoms with Crippen molar-refractivity contribution in [2.75, 3.05) is 13.2 Å². The fourth-order valence-corrected chi connectivity index (χ4v) is 5.17. The number of allylic oxidation sites excluding steroid dienone is 3. The van der Waals surface area contributed by atoms with Crippen LogP contribution in [0.25, 0.3) is 0 Å². The first-order valence-electron chi connectivity index (χ1n) is 16.3. The van der Waals surface area contributed by atoms with E-state index < -0.39 is 51.7 Å². The van der Waals surface area contributed by atoms with Crippen LogP contribution < -0.4 is 4.74 Å². The van der Waals surface area contributed by atoms with Crippen molar-refractivity contribution in [3.63, 3.8) is 0 Å². The molecule has 0 aromatic heterocycles. The Hall–Kier alpha value is -1.99. The van der Waals surface area contributed by atoms with Gasteiger partial charge in [0.1, 0.15) is 5.75 Å². The van der Waals surface area contributed by atoms with E-state index in [0.717, 1.165) is 25.0 Å². The van der Waals surface area contributed by atoms with Crippen molar-refractivity contribution in [1.82, 2.24) is 0 Å². The number of hydrogen-bond donors (Lipinski definition) is 0. The molecule has 1 aromatic rings. The third-order valence-electron chi connectivity index (χ3n) is 8.78. The predicted octanol–water partition coefficient (Wildman–Crippen LogP) is 12.0. The third-order valence-corrected chi connectivity index (χ3v) is 13.3. The molecule has 0 radical (unpaired) electrons.